The highest BCUT2D eigenvalue weighted by atomic mass is 16.6. The Hall–Kier alpha value is -1.89. The number of aromatic nitrogens is 1. The van der Waals surface area contributed by atoms with E-state index >= 15 is 0 Å². The van der Waals surface area contributed by atoms with Crippen LogP contribution in [0.15, 0.2) is 12.1 Å². The number of pyridine rings is 1. The van der Waals surface area contributed by atoms with Crippen LogP contribution in [0.4, 0.5) is 17.3 Å². The van der Waals surface area contributed by atoms with Gasteiger partial charge in [0.25, 0.3) is 5.69 Å². The standard InChI is InChI=1S/C11H16N4O3/c1-8-7-18-4-3-14(8)11-6-9(15(16)17)5-10(12-2)13-11/h5-6,8H,3-4,7H2,1-2H3,(H,12,13). The van der Waals surface area contributed by atoms with Crippen LogP contribution < -0.4 is 10.2 Å². The maximum absolute atomic E-state index is 10.9. The zero-order valence-electron chi connectivity index (χ0n) is 10.4. The molecule has 0 saturated carbocycles. The summed E-state index contributed by atoms with van der Waals surface area (Å²) in [6.07, 6.45) is 0. The molecular formula is C11H16N4O3. The van der Waals surface area contributed by atoms with Crippen LogP contribution in [-0.4, -0.2) is 42.8 Å². The molecule has 0 bridgehead atoms. The fourth-order valence-electron chi connectivity index (χ4n) is 1.95. The minimum absolute atomic E-state index is 0.0445. The predicted molar refractivity (Wildman–Crippen MR) is 68.1 cm³/mol. The van der Waals surface area contributed by atoms with Crippen LogP contribution in [0.25, 0.3) is 0 Å². The van der Waals surface area contributed by atoms with Crippen molar-refractivity contribution in [1.29, 1.82) is 0 Å². The predicted octanol–water partition coefficient (Wildman–Crippen LogP) is 1.26. The summed E-state index contributed by atoms with van der Waals surface area (Å²) in [5, 5.41) is 13.7. The molecule has 1 aliphatic rings. The van der Waals surface area contributed by atoms with Gasteiger partial charge in [-0.3, -0.25) is 10.1 Å². The van der Waals surface area contributed by atoms with Gasteiger partial charge in [-0.15, -0.1) is 0 Å². The van der Waals surface area contributed by atoms with Gasteiger partial charge in [0, 0.05) is 13.6 Å². The molecule has 1 N–H and O–H groups in total. The maximum atomic E-state index is 10.9. The van der Waals surface area contributed by atoms with E-state index in [1.54, 1.807) is 7.05 Å². The van der Waals surface area contributed by atoms with Crippen molar-refractivity contribution in [3.8, 4) is 0 Å². The number of ether oxygens (including phenoxy) is 1. The van der Waals surface area contributed by atoms with Crippen LogP contribution in [0.2, 0.25) is 0 Å². The van der Waals surface area contributed by atoms with E-state index in [-0.39, 0.29) is 11.7 Å². The summed E-state index contributed by atoms with van der Waals surface area (Å²) in [5.74, 6) is 1.11. The fourth-order valence-corrected chi connectivity index (χ4v) is 1.95. The molecule has 2 rings (SSSR count). The lowest BCUT2D eigenvalue weighted by molar-refractivity contribution is -0.384. The lowest BCUT2D eigenvalue weighted by Crippen LogP contribution is -2.44. The molecular weight excluding hydrogens is 236 g/mol. The quantitative estimate of drug-likeness (QED) is 0.644. The van der Waals surface area contributed by atoms with E-state index in [9.17, 15) is 10.1 Å². The van der Waals surface area contributed by atoms with Crippen LogP contribution in [0, 0.1) is 10.1 Å². The van der Waals surface area contributed by atoms with Gasteiger partial charge in [-0.25, -0.2) is 4.98 Å². The summed E-state index contributed by atoms with van der Waals surface area (Å²) < 4.78 is 5.35. The van der Waals surface area contributed by atoms with Gasteiger partial charge in [0.1, 0.15) is 11.6 Å². The lowest BCUT2D eigenvalue weighted by Gasteiger charge is -2.34. The first kappa shape index (κ1) is 12.6. The van der Waals surface area contributed by atoms with Crippen molar-refractivity contribution in [2.45, 2.75) is 13.0 Å². The van der Waals surface area contributed by atoms with E-state index in [0.29, 0.717) is 31.4 Å². The molecule has 1 fully saturated rings. The second-order valence-electron chi connectivity index (χ2n) is 4.19. The second kappa shape index (κ2) is 5.18. The van der Waals surface area contributed by atoms with Crippen molar-refractivity contribution in [3.05, 3.63) is 22.2 Å². The van der Waals surface area contributed by atoms with E-state index in [4.69, 9.17) is 4.74 Å². The van der Waals surface area contributed by atoms with Gasteiger partial charge in [0.05, 0.1) is 36.3 Å². The van der Waals surface area contributed by atoms with Crippen molar-refractivity contribution in [3.63, 3.8) is 0 Å². The largest absolute Gasteiger partial charge is 0.377 e. The summed E-state index contributed by atoms with van der Waals surface area (Å²) in [6.45, 7) is 3.93. The monoisotopic (exact) mass is 252 g/mol. The number of rotatable bonds is 3. The van der Waals surface area contributed by atoms with Gasteiger partial charge >= 0.3 is 0 Å². The molecule has 1 saturated heterocycles. The molecule has 1 unspecified atom stereocenters. The average molecular weight is 252 g/mol. The number of nitrogens with one attached hydrogen (secondary N) is 1. The Balaban J connectivity index is 2.36. The van der Waals surface area contributed by atoms with Crippen molar-refractivity contribution in [1.82, 2.24) is 4.98 Å². The van der Waals surface area contributed by atoms with Gasteiger partial charge in [-0.2, -0.15) is 0 Å². The van der Waals surface area contributed by atoms with Crippen molar-refractivity contribution in [2.75, 3.05) is 37.0 Å². The van der Waals surface area contributed by atoms with Gasteiger partial charge in [-0.05, 0) is 6.92 Å². The SMILES string of the molecule is CNc1cc([N+](=O)[O-])cc(N2CCOCC2C)n1. The molecule has 1 aliphatic heterocycles. The molecule has 1 aromatic heterocycles. The van der Waals surface area contributed by atoms with Crippen LogP contribution in [0.1, 0.15) is 6.92 Å². The molecule has 7 heteroatoms. The molecule has 0 aromatic carbocycles. The molecule has 7 nitrogen and oxygen atoms in total. The molecule has 0 radical (unpaired) electrons. The number of morpholine rings is 1. The third-order valence-corrected chi connectivity index (χ3v) is 2.93. The first-order chi connectivity index (χ1) is 8.61. The minimum Gasteiger partial charge on any atom is -0.377 e. The minimum atomic E-state index is -0.406. The van der Waals surface area contributed by atoms with Gasteiger partial charge in [0.15, 0.2) is 0 Å². The molecule has 0 amide bonds. The maximum Gasteiger partial charge on any atom is 0.276 e. The first-order valence-corrected chi connectivity index (χ1v) is 5.80. The van der Waals surface area contributed by atoms with Crippen molar-refractivity contribution in [2.24, 2.45) is 0 Å². The summed E-state index contributed by atoms with van der Waals surface area (Å²) >= 11 is 0. The van der Waals surface area contributed by atoms with Crippen LogP contribution >= 0.6 is 0 Å². The lowest BCUT2D eigenvalue weighted by atomic mass is 10.2. The summed E-state index contributed by atoms with van der Waals surface area (Å²) in [4.78, 5) is 16.9. The Morgan fingerprint density at radius 3 is 3.00 bits per heavy atom. The Morgan fingerprint density at radius 2 is 2.39 bits per heavy atom. The van der Waals surface area contributed by atoms with E-state index in [0.717, 1.165) is 0 Å². The second-order valence-corrected chi connectivity index (χ2v) is 4.19. The van der Waals surface area contributed by atoms with Gasteiger partial charge in [-0.1, -0.05) is 0 Å². The number of nitro groups is 1. The van der Waals surface area contributed by atoms with Gasteiger partial charge in [0.2, 0.25) is 0 Å². The molecule has 1 aromatic rings. The number of nitrogens with zero attached hydrogens (tertiary/aromatic N) is 3. The summed E-state index contributed by atoms with van der Waals surface area (Å²) in [6, 6.07) is 3.09. The zero-order valence-corrected chi connectivity index (χ0v) is 10.4. The van der Waals surface area contributed by atoms with E-state index in [1.807, 2.05) is 11.8 Å². The molecule has 2 heterocycles. The Bertz CT molecular complexity index is 452. The number of hydrogen-bond acceptors (Lipinski definition) is 6. The smallest absolute Gasteiger partial charge is 0.276 e. The Morgan fingerprint density at radius 1 is 1.61 bits per heavy atom. The first-order valence-electron chi connectivity index (χ1n) is 5.80. The van der Waals surface area contributed by atoms with Crippen LogP contribution in [0.5, 0.6) is 0 Å². The molecule has 1 atom stereocenters. The normalized spacial score (nSPS) is 19.7. The van der Waals surface area contributed by atoms with Crippen molar-refractivity contribution >= 4 is 17.3 Å². The number of hydrogen-bond donors (Lipinski definition) is 1. The Labute approximate surface area is 105 Å². The van der Waals surface area contributed by atoms with Gasteiger partial charge < -0.3 is 15.0 Å². The molecule has 0 aliphatic carbocycles. The van der Waals surface area contributed by atoms with E-state index in [2.05, 4.69) is 10.3 Å². The Kier molecular flexibility index (Phi) is 3.61. The topological polar surface area (TPSA) is 80.5 Å². The highest BCUT2D eigenvalue weighted by Crippen LogP contribution is 2.25. The van der Waals surface area contributed by atoms with Crippen LogP contribution in [-0.2, 0) is 4.74 Å². The average Bonchev–Trinajstić information content (AvgIpc) is 2.38. The summed E-state index contributed by atoms with van der Waals surface area (Å²) in [5.41, 5.74) is 0.0445. The molecule has 0 spiro atoms. The van der Waals surface area contributed by atoms with Crippen LogP contribution in [0.3, 0.4) is 0 Å². The summed E-state index contributed by atoms with van der Waals surface area (Å²) in [7, 11) is 1.69. The van der Waals surface area contributed by atoms with Crippen molar-refractivity contribution < 1.29 is 9.66 Å². The zero-order chi connectivity index (χ0) is 13.1. The third kappa shape index (κ3) is 2.51. The third-order valence-electron chi connectivity index (χ3n) is 2.93. The fraction of sp³-hybridized carbons (Fsp3) is 0.545. The molecule has 98 valence electrons. The highest BCUT2D eigenvalue weighted by Gasteiger charge is 2.22. The van der Waals surface area contributed by atoms with E-state index < -0.39 is 4.92 Å². The number of anilines is 2. The highest BCUT2D eigenvalue weighted by molar-refractivity contribution is 5.56. The van der Waals surface area contributed by atoms with E-state index in [1.165, 1.54) is 12.1 Å². The molecule has 18 heavy (non-hydrogen) atoms.